The Bertz CT molecular complexity index is 291. The van der Waals surface area contributed by atoms with Gasteiger partial charge in [0.25, 0.3) is 0 Å². The zero-order valence-electron chi connectivity index (χ0n) is 10.9. The van der Waals surface area contributed by atoms with E-state index in [0.29, 0.717) is 6.04 Å². The summed E-state index contributed by atoms with van der Waals surface area (Å²) in [6, 6.07) is 0.525. The van der Waals surface area contributed by atoms with Gasteiger partial charge in [-0.1, -0.05) is 38.8 Å². The van der Waals surface area contributed by atoms with E-state index in [0.717, 1.165) is 24.6 Å². The lowest BCUT2D eigenvalue weighted by atomic mass is 9.91. The molecule has 1 rings (SSSR count). The zero-order valence-corrected chi connectivity index (χ0v) is 10.9. The van der Waals surface area contributed by atoms with Crippen LogP contribution in [-0.2, 0) is 13.5 Å². The van der Waals surface area contributed by atoms with E-state index < -0.39 is 0 Å². The van der Waals surface area contributed by atoms with Crippen LogP contribution in [0.15, 0.2) is 6.20 Å². The van der Waals surface area contributed by atoms with Crippen molar-refractivity contribution in [3.8, 4) is 0 Å². The molecule has 0 radical (unpaired) electrons. The third kappa shape index (κ3) is 3.59. The summed E-state index contributed by atoms with van der Waals surface area (Å²) in [5.74, 6) is 0.724. The average Bonchev–Trinajstić information content (AvgIpc) is 2.66. The van der Waals surface area contributed by atoms with E-state index in [1.54, 1.807) is 4.68 Å². The predicted molar refractivity (Wildman–Crippen MR) is 66.2 cm³/mol. The molecule has 0 fully saturated rings. The Kier molecular flexibility index (Phi) is 5.46. The number of likely N-dealkylation sites (N-methyl/N-ethyl adjacent to an activating group) is 1. The van der Waals surface area contributed by atoms with E-state index in [9.17, 15) is 0 Å². The summed E-state index contributed by atoms with van der Waals surface area (Å²) in [5, 5.41) is 11.7. The van der Waals surface area contributed by atoms with E-state index in [-0.39, 0.29) is 0 Å². The van der Waals surface area contributed by atoms with Crippen LogP contribution in [0.25, 0.3) is 0 Å². The van der Waals surface area contributed by atoms with E-state index in [1.807, 2.05) is 13.2 Å². The average molecular weight is 224 g/mol. The van der Waals surface area contributed by atoms with Crippen LogP contribution in [0.4, 0.5) is 0 Å². The molecule has 1 aromatic heterocycles. The van der Waals surface area contributed by atoms with Gasteiger partial charge < -0.3 is 5.32 Å². The van der Waals surface area contributed by atoms with Crippen molar-refractivity contribution in [2.24, 2.45) is 13.0 Å². The lowest BCUT2D eigenvalue weighted by Crippen LogP contribution is -2.37. The van der Waals surface area contributed by atoms with Gasteiger partial charge in [0.1, 0.15) is 0 Å². The maximum Gasteiger partial charge on any atom is 0.0842 e. The van der Waals surface area contributed by atoms with E-state index in [1.165, 1.54) is 12.8 Å². The van der Waals surface area contributed by atoms with Gasteiger partial charge in [-0.2, -0.15) is 0 Å². The molecular weight excluding hydrogens is 200 g/mol. The monoisotopic (exact) mass is 224 g/mol. The van der Waals surface area contributed by atoms with Crippen molar-refractivity contribution in [1.29, 1.82) is 0 Å². The van der Waals surface area contributed by atoms with Crippen LogP contribution < -0.4 is 5.32 Å². The molecule has 0 saturated heterocycles. The SMILES string of the molecule is CCNC(Cc1cn(C)nn1)C(CC)CC. The van der Waals surface area contributed by atoms with Gasteiger partial charge in [-0.15, -0.1) is 5.10 Å². The van der Waals surface area contributed by atoms with Crippen LogP contribution in [0, 0.1) is 5.92 Å². The van der Waals surface area contributed by atoms with Crippen molar-refractivity contribution in [2.75, 3.05) is 6.54 Å². The molecule has 1 N–H and O–H groups in total. The van der Waals surface area contributed by atoms with Crippen LogP contribution in [0.1, 0.15) is 39.3 Å². The van der Waals surface area contributed by atoms with Gasteiger partial charge in [-0.3, -0.25) is 4.68 Å². The Morgan fingerprint density at radius 1 is 1.31 bits per heavy atom. The molecule has 0 amide bonds. The summed E-state index contributed by atoms with van der Waals surface area (Å²) in [6.45, 7) is 7.69. The maximum absolute atomic E-state index is 4.16. The smallest absolute Gasteiger partial charge is 0.0842 e. The van der Waals surface area contributed by atoms with Crippen molar-refractivity contribution in [1.82, 2.24) is 20.3 Å². The maximum atomic E-state index is 4.16. The molecule has 0 bridgehead atoms. The molecule has 1 atom stereocenters. The van der Waals surface area contributed by atoms with E-state index in [2.05, 4.69) is 36.4 Å². The molecule has 0 aromatic carbocycles. The summed E-state index contributed by atoms with van der Waals surface area (Å²) in [7, 11) is 1.91. The van der Waals surface area contributed by atoms with Crippen molar-refractivity contribution >= 4 is 0 Å². The number of aryl methyl sites for hydroxylation is 1. The molecule has 1 unspecified atom stereocenters. The third-order valence-electron chi connectivity index (χ3n) is 3.16. The van der Waals surface area contributed by atoms with Gasteiger partial charge in [0.15, 0.2) is 0 Å². The second kappa shape index (κ2) is 6.63. The quantitative estimate of drug-likeness (QED) is 0.767. The topological polar surface area (TPSA) is 42.7 Å². The number of aromatic nitrogens is 3. The van der Waals surface area contributed by atoms with E-state index >= 15 is 0 Å². The van der Waals surface area contributed by atoms with Crippen LogP contribution in [-0.4, -0.2) is 27.6 Å². The number of nitrogens with one attached hydrogen (secondary N) is 1. The Labute approximate surface area is 98.4 Å². The van der Waals surface area contributed by atoms with Gasteiger partial charge >= 0.3 is 0 Å². The third-order valence-corrected chi connectivity index (χ3v) is 3.16. The molecule has 92 valence electrons. The zero-order chi connectivity index (χ0) is 12.0. The van der Waals surface area contributed by atoms with Crippen LogP contribution >= 0.6 is 0 Å². The van der Waals surface area contributed by atoms with Gasteiger partial charge in [0.2, 0.25) is 0 Å². The summed E-state index contributed by atoms with van der Waals surface area (Å²) in [4.78, 5) is 0. The molecule has 1 aromatic rings. The number of hydrogen-bond acceptors (Lipinski definition) is 3. The van der Waals surface area contributed by atoms with Crippen molar-refractivity contribution in [3.63, 3.8) is 0 Å². The summed E-state index contributed by atoms with van der Waals surface area (Å²) in [5.41, 5.74) is 1.08. The fourth-order valence-corrected chi connectivity index (χ4v) is 2.24. The summed E-state index contributed by atoms with van der Waals surface area (Å²) >= 11 is 0. The van der Waals surface area contributed by atoms with Crippen molar-refractivity contribution in [2.45, 2.75) is 46.1 Å². The van der Waals surface area contributed by atoms with Crippen LogP contribution in [0.3, 0.4) is 0 Å². The minimum Gasteiger partial charge on any atom is -0.314 e. The second-order valence-corrected chi connectivity index (χ2v) is 4.33. The van der Waals surface area contributed by atoms with Crippen LogP contribution in [0.2, 0.25) is 0 Å². The van der Waals surface area contributed by atoms with Gasteiger partial charge in [-0.05, 0) is 12.5 Å². The van der Waals surface area contributed by atoms with Gasteiger partial charge in [0.05, 0.1) is 5.69 Å². The lowest BCUT2D eigenvalue weighted by molar-refractivity contribution is 0.335. The normalized spacial score (nSPS) is 13.3. The highest BCUT2D eigenvalue weighted by Crippen LogP contribution is 2.16. The van der Waals surface area contributed by atoms with Crippen molar-refractivity contribution in [3.05, 3.63) is 11.9 Å². The molecule has 0 aliphatic heterocycles. The minimum atomic E-state index is 0.525. The van der Waals surface area contributed by atoms with Gasteiger partial charge in [-0.25, -0.2) is 0 Å². The highest BCUT2D eigenvalue weighted by molar-refractivity contribution is 4.97. The number of nitrogens with zero attached hydrogens (tertiary/aromatic N) is 3. The molecule has 0 spiro atoms. The standard InChI is InChI=1S/C12H24N4/c1-5-10(6-2)12(13-7-3)8-11-9-16(4)15-14-11/h9-10,12-13H,5-8H2,1-4H3. The second-order valence-electron chi connectivity index (χ2n) is 4.33. The Morgan fingerprint density at radius 2 is 2.00 bits per heavy atom. The predicted octanol–water partition coefficient (Wildman–Crippen LogP) is 1.77. The number of hydrogen-bond donors (Lipinski definition) is 1. The Balaban J connectivity index is 2.63. The minimum absolute atomic E-state index is 0.525. The molecule has 0 aliphatic carbocycles. The molecule has 16 heavy (non-hydrogen) atoms. The fourth-order valence-electron chi connectivity index (χ4n) is 2.24. The highest BCUT2D eigenvalue weighted by Gasteiger charge is 2.18. The lowest BCUT2D eigenvalue weighted by Gasteiger charge is -2.25. The summed E-state index contributed by atoms with van der Waals surface area (Å²) < 4.78 is 1.77. The molecule has 4 nitrogen and oxygen atoms in total. The Hall–Kier alpha value is -0.900. The van der Waals surface area contributed by atoms with E-state index in [4.69, 9.17) is 0 Å². The van der Waals surface area contributed by atoms with Crippen molar-refractivity contribution < 1.29 is 0 Å². The molecular formula is C12H24N4. The molecule has 1 heterocycles. The number of rotatable bonds is 7. The first-order valence-electron chi connectivity index (χ1n) is 6.29. The highest BCUT2D eigenvalue weighted by atomic mass is 15.4. The van der Waals surface area contributed by atoms with Gasteiger partial charge in [0, 0.05) is 25.7 Å². The first-order valence-corrected chi connectivity index (χ1v) is 6.29. The molecule has 0 saturated carbocycles. The fraction of sp³-hybridized carbons (Fsp3) is 0.833. The molecule has 0 aliphatic rings. The largest absolute Gasteiger partial charge is 0.314 e. The Morgan fingerprint density at radius 3 is 2.44 bits per heavy atom. The summed E-state index contributed by atoms with van der Waals surface area (Å²) in [6.07, 6.45) is 5.42. The first kappa shape index (κ1) is 13.2. The molecule has 4 heteroatoms. The van der Waals surface area contributed by atoms with Crippen LogP contribution in [0.5, 0.6) is 0 Å². The first-order chi connectivity index (χ1) is 7.71.